The molecule has 0 amide bonds. The number of imidazole rings is 1. The van der Waals surface area contributed by atoms with Crippen molar-refractivity contribution in [3.63, 3.8) is 0 Å². The molecule has 0 aromatic carbocycles. The molecule has 3 N–H and O–H groups in total. The highest BCUT2D eigenvalue weighted by molar-refractivity contribution is 5.68. The highest BCUT2D eigenvalue weighted by Gasteiger charge is 2.21. The molecule has 16 heavy (non-hydrogen) atoms. The zero-order valence-electron chi connectivity index (χ0n) is 8.37. The topological polar surface area (TPSA) is 104 Å². The molecule has 7 nitrogen and oxygen atoms in total. The maximum absolute atomic E-state index is 11.4. The third kappa shape index (κ3) is 1.36. The Morgan fingerprint density at radius 2 is 2.12 bits per heavy atom. The fraction of sp³-hybridized carbons (Fsp3) is 0.444. The molecule has 1 aliphatic rings. The first-order valence-electron chi connectivity index (χ1n) is 5.08. The number of hydrogen-bond acceptors (Lipinski definition) is 4. The number of aromatic nitrogens is 4. The lowest BCUT2D eigenvalue weighted by molar-refractivity contribution is 0.106. The van der Waals surface area contributed by atoms with E-state index in [0.29, 0.717) is 12.4 Å². The van der Waals surface area contributed by atoms with Gasteiger partial charge in [0.05, 0.1) is 0 Å². The lowest BCUT2D eigenvalue weighted by atomic mass is 10.2. The second kappa shape index (κ2) is 3.31. The summed E-state index contributed by atoms with van der Waals surface area (Å²) in [6.07, 6.45) is 1.76. The standard InChI is InChI=1S/C9H10N4O3/c14-8-5-7(12-9(15)13-8)11-6(10-5)4-2-1-3-16-4/h4H,1-3H2,(H3,10,11,12,13,14,15). The third-order valence-electron chi connectivity index (χ3n) is 2.64. The summed E-state index contributed by atoms with van der Waals surface area (Å²) in [5.74, 6) is 0.597. The highest BCUT2D eigenvalue weighted by atomic mass is 16.5. The van der Waals surface area contributed by atoms with E-state index in [1.807, 2.05) is 0 Å². The Kier molecular flexibility index (Phi) is 1.93. The van der Waals surface area contributed by atoms with Gasteiger partial charge in [0.2, 0.25) is 0 Å². The van der Waals surface area contributed by atoms with E-state index >= 15 is 0 Å². The average molecular weight is 222 g/mol. The van der Waals surface area contributed by atoms with Crippen LogP contribution in [0.25, 0.3) is 11.2 Å². The van der Waals surface area contributed by atoms with Gasteiger partial charge < -0.3 is 9.72 Å². The summed E-state index contributed by atoms with van der Waals surface area (Å²) in [6.45, 7) is 0.703. The van der Waals surface area contributed by atoms with E-state index in [2.05, 4.69) is 19.9 Å². The van der Waals surface area contributed by atoms with Gasteiger partial charge in [0, 0.05) is 6.61 Å². The lowest BCUT2D eigenvalue weighted by Gasteiger charge is -2.03. The van der Waals surface area contributed by atoms with Gasteiger partial charge in [-0.05, 0) is 12.8 Å². The second-order valence-electron chi connectivity index (χ2n) is 3.76. The van der Waals surface area contributed by atoms with Crippen LogP contribution in [-0.2, 0) is 4.74 Å². The van der Waals surface area contributed by atoms with Crippen LogP contribution in [0.5, 0.6) is 0 Å². The number of fused-ring (bicyclic) bond motifs is 1. The van der Waals surface area contributed by atoms with Crippen LogP contribution in [0.15, 0.2) is 9.59 Å². The van der Waals surface area contributed by atoms with Crippen molar-refractivity contribution in [1.82, 2.24) is 19.9 Å². The molecule has 3 rings (SSSR count). The molecule has 84 valence electrons. The Labute approximate surface area is 88.9 Å². The number of H-pyrrole nitrogens is 3. The predicted octanol–water partition coefficient (Wildman–Crippen LogP) is -0.209. The molecular weight excluding hydrogens is 212 g/mol. The maximum Gasteiger partial charge on any atom is 0.327 e. The molecule has 0 spiro atoms. The minimum absolute atomic E-state index is 0.102. The van der Waals surface area contributed by atoms with Gasteiger partial charge in [0.15, 0.2) is 5.65 Å². The van der Waals surface area contributed by atoms with Gasteiger partial charge in [-0.15, -0.1) is 0 Å². The van der Waals surface area contributed by atoms with Crippen LogP contribution < -0.4 is 11.2 Å². The minimum atomic E-state index is -0.553. The molecule has 2 aromatic rings. The molecule has 1 aliphatic heterocycles. The average Bonchev–Trinajstić information content (AvgIpc) is 2.82. The van der Waals surface area contributed by atoms with Crippen molar-refractivity contribution in [1.29, 1.82) is 0 Å². The Bertz CT molecular complexity index is 632. The molecule has 0 radical (unpaired) electrons. The smallest absolute Gasteiger partial charge is 0.327 e. The first kappa shape index (κ1) is 9.34. The van der Waals surface area contributed by atoms with E-state index in [1.54, 1.807) is 0 Å². The summed E-state index contributed by atoms with van der Waals surface area (Å²) in [5.41, 5.74) is -0.456. The summed E-state index contributed by atoms with van der Waals surface area (Å²) in [7, 11) is 0. The van der Waals surface area contributed by atoms with Crippen molar-refractivity contribution >= 4 is 11.2 Å². The summed E-state index contributed by atoms with van der Waals surface area (Å²) >= 11 is 0. The molecule has 1 atom stereocenters. The van der Waals surface area contributed by atoms with Gasteiger partial charge in [-0.1, -0.05) is 0 Å². The largest absolute Gasteiger partial charge is 0.370 e. The number of ether oxygens (including phenoxy) is 1. The van der Waals surface area contributed by atoms with Crippen LogP contribution >= 0.6 is 0 Å². The zero-order valence-corrected chi connectivity index (χ0v) is 8.37. The van der Waals surface area contributed by atoms with Gasteiger partial charge in [-0.2, -0.15) is 0 Å². The molecule has 0 saturated carbocycles. The number of hydrogen-bond donors (Lipinski definition) is 3. The van der Waals surface area contributed by atoms with Crippen LogP contribution in [0.1, 0.15) is 24.8 Å². The number of nitrogens with zero attached hydrogens (tertiary/aromatic N) is 1. The van der Waals surface area contributed by atoms with Crippen molar-refractivity contribution in [3.8, 4) is 0 Å². The van der Waals surface area contributed by atoms with Gasteiger partial charge in [-0.25, -0.2) is 9.78 Å². The Balaban J connectivity index is 2.18. The van der Waals surface area contributed by atoms with E-state index in [9.17, 15) is 9.59 Å². The first-order valence-corrected chi connectivity index (χ1v) is 5.08. The van der Waals surface area contributed by atoms with E-state index in [4.69, 9.17) is 4.74 Å². The minimum Gasteiger partial charge on any atom is -0.370 e. The van der Waals surface area contributed by atoms with Crippen molar-refractivity contribution in [2.45, 2.75) is 18.9 Å². The number of rotatable bonds is 1. The zero-order chi connectivity index (χ0) is 11.1. The van der Waals surface area contributed by atoms with Crippen LogP contribution in [-0.4, -0.2) is 26.5 Å². The van der Waals surface area contributed by atoms with Crippen molar-refractivity contribution in [2.24, 2.45) is 0 Å². The molecule has 0 bridgehead atoms. The lowest BCUT2D eigenvalue weighted by Crippen LogP contribution is -2.21. The summed E-state index contributed by atoms with van der Waals surface area (Å²) in [4.78, 5) is 34.1. The maximum atomic E-state index is 11.4. The fourth-order valence-corrected chi connectivity index (χ4v) is 1.90. The van der Waals surface area contributed by atoms with Crippen LogP contribution in [0.3, 0.4) is 0 Å². The van der Waals surface area contributed by atoms with Crippen molar-refractivity contribution < 1.29 is 4.74 Å². The second-order valence-corrected chi connectivity index (χ2v) is 3.76. The number of aromatic amines is 3. The third-order valence-corrected chi connectivity index (χ3v) is 2.64. The van der Waals surface area contributed by atoms with Crippen LogP contribution in [0, 0.1) is 0 Å². The normalized spacial score (nSPS) is 20.6. The van der Waals surface area contributed by atoms with E-state index < -0.39 is 11.2 Å². The van der Waals surface area contributed by atoms with Crippen LogP contribution in [0.4, 0.5) is 0 Å². The molecule has 2 aromatic heterocycles. The molecule has 7 heteroatoms. The van der Waals surface area contributed by atoms with Gasteiger partial charge in [-0.3, -0.25) is 14.8 Å². The van der Waals surface area contributed by atoms with E-state index in [-0.39, 0.29) is 17.3 Å². The summed E-state index contributed by atoms with van der Waals surface area (Å²) in [6, 6.07) is 0. The van der Waals surface area contributed by atoms with Crippen LogP contribution in [0.2, 0.25) is 0 Å². The Morgan fingerprint density at radius 1 is 1.25 bits per heavy atom. The highest BCUT2D eigenvalue weighted by Crippen LogP contribution is 2.26. The first-order chi connectivity index (χ1) is 7.74. The van der Waals surface area contributed by atoms with Crippen molar-refractivity contribution in [3.05, 3.63) is 26.7 Å². The monoisotopic (exact) mass is 222 g/mol. The summed E-state index contributed by atoms with van der Waals surface area (Å²) in [5, 5.41) is 0. The van der Waals surface area contributed by atoms with Crippen molar-refractivity contribution in [2.75, 3.05) is 6.61 Å². The van der Waals surface area contributed by atoms with Gasteiger partial charge >= 0.3 is 5.69 Å². The molecule has 1 saturated heterocycles. The molecular formula is C9H10N4O3. The molecule has 0 aliphatic carbocycles. The molecule has 1 fully saturated rings. The van der Waals surface area contributed by atoms with Gasteiger partial charge in [0.1, 0.15) is 17.4 Å². The quantitative estimate of drug-likeness (QED) is 0.621. The Morgan fingerprint density at radius 3 is 2.88 bits per heavy atom. The molecule has 1 unspecified atom stereocenters. The van der Waals surface area contributed by atoms with E-state index in [1.165, 1.54) is 0 Å². The Hall–Kier alpha value is -1.89. The van der Waals surface area contributed by atoms with Gasteiger partial charge in [0.25, 0.3) is 5.56 Å². The molecule has 3 heterocycles. The fourth-order valence-electron chi connectivity index (χ4n) is 1.90. The summed E-state index contributed by atoms with van der Waals surface area (Å²) < 4.78 is 5.44. The predicted molar refractivity (Wildman–Crippen MR) is 55.3 cm³/mol. The number of nitrogens with one attached hydrogen (secondary N) is 3. The SMILES string of the molecule is O=c1[nH]c(=O)c2[nH]c(C3CCCO3)nc2[nH]1. The van der Waals surface area contributed by atoms with E-state index in [0.717, 1.165) is 12.8 Å².